The predicted octanol–water partition coefficient (Wildman–Crippen LogP) is 3.48. The first kappa shape index (κ1) is 20.1. The summed E-state index contributed by atoms with van der Waals surface area (Å²) in [7, 11) is 0. The van der Waals surface area contributed by atoms with E-state index in [0.29, 0.717) is 10.1 Å². The monoisotopic (exact) mass is 408 g/mol. The Labute approximate surface area is 167 Å². The number of carbonyl (C=O) groups excluding carboxylic acids is 3. The van der Waals surface area contributed by atoms with Gasteiger partial charge in [-0.25, -0.2) is 9.59 Å². The van der Waals surface area contributed by atoms with Crippen molar-refractivity contribution in [3.63, 3.8) is 0 Å². The lowest BCUT2D eigenvalue weighted by molar-refractivity contribution is -0.123. The quantitative estimate of drug-likeness (QED) is 0.726. The van der Waals surface area contributed by atoms with Crippen LogP contribution in [-0.4, -0.2) is 42.1 Å². The third-order valence-corrected chi connectivity index (χ3v) is 7.54. The molecule has 8 heteroatoms. The molecule has 0 radical (unpaired) electrons. The molecule has 2 N–H and O–H groups in total. The zero-order chi connectivity index (χ0) is 19.1. The zero-order valence-electron chi connectivity index (χ0n) is 15.1. The number of rotatable bonds is 5. The van der Waals surface area contributed by atoms with Crippen molar-refractivity contribution in [2.45, 2.75) is 42.7 Å². The summed E-state index contributed by atoms with van der Waals surface area (Å²) in [6, 6.07) is 6.90. The van der Waals surface area contributed by atoms with E-state index in [1.165, 1.54) is 12.0 Å². The van der Waals surface area contributed by atoms with Gasteiger partial charge in [-0.3, -0.25) is 10.1 Å². The fourth-order valence-corrected chi connectivity index (χ4v) is 6.02. The van der Waals surface area contributed by atoms with Crippen LogP contribution < -0.4 is 10.6 Å². The van der Waals surface area contributed by atoms with Crippen molar-refractivity contribution in [3.8, 4) is 0 Å². The largest absolute Gasteiger partial charge is 0.452 e. The van der Waals surface area contributed by atoms with Gasteiger partial charge >= 0.3 is 12.0 Å². The second kappa shape index (κ2) is 10.0. The number of hydrogen-bond acceptors (Lipinski definition) is 6. The Balaban J connectivity index is 1.41. The molecule has 0 atom stereocenters. The smallest absolute Gasteiger partial charge is 0.338 e. The maximum Gasteiger partial charge on any atom is 0.338 e. The molecule has 2 fully saturated rings. The third-order valence-electron chi connectivity index (χ3n) is 4.52. The molecule has 27 heavy (non-hydrogen) atoms. The second-order valence-electron chi connectivity index (χ2n) is 6.63. The van der Waals surface area contributed by atoms with E-state index in [9.17, 15) is 14.4 Å². The van der Waals surface area contributed by atoms with Crippen molar-refractivity contribution in [1.82, 2.24) is 10.6 Å². The van der Waals surface area contributed by atoms with E-state index in [1.54, 1.807) is 12.1 Å². The van der Waals surface area contributed by atoms with Gasteiger partial charge in [0.1, 0.15) is 0 Å². The fourth-order valence-electron chi connectivity index (χ4n) is 3.13. The Kier molecular flexibility index (Phi) is 7.46. The van der Waals surface area contributed by atoms with Crippen LogP contribution in [0, 0.1) is 0 Å². The van der Waals surface area contributed by atoms with Crippen LogP contribution >= 0.6 is 23.5 Å². The Hall–Kier alpha value is -1.67. The summed E-state index contributed by atoms with van der Waals surface area (Å²) in [5.41, 5.74) is 1.58. The molecule has 1 saturated carbocycles. The first-order valence-corrected chi connectivity index (χ1v) is 11.3. The molecule has 1 saturated heterocycles. The summed E-state index contributed by atoms with van der Waals surface area (Å²) in [5, 5.41) is 4.95. The molecule has 0 aromatic heterocycles. The Morgan fingerprint density at radius 2 is 1.67 bits per heavy atom. The second-order valence-corrected chi connectivity index (χ2v) is 9.35. The summed E-state index contributed by atoms with van der Waals surface area (Å²) < 4.78 is 5.41. The number of ether oxygens (including phenoxy) is 1. The van der Waals surface area contributed by atoms with Crippen molar-refractivity contribution in [2.75, 3.05) is 18.1 Å². The van der Waals surface area contributed by atoms with Gasteiger partial charge in [0.2, 0.25) is 0 Å². The zero-order valence-corrected chi connectivity index (χ0v) is 16.7. The average molecular weight is 409 g/mol. The van der Waals surface area contributed by atoms with Crippen molar-refractivity contribution >= 4 is 41.4 Å². The topological polar surface area (TPSA) is 84.5 Å². The normalized spacial score (nSPS) is 18.1. The van der Waals surface area contributed by atoms with Gasteiger partial charge in [-0.05, 0) is 48.5 Å². The average Bonchev–Trinajstić information content (AvgIpc) is 3.19. The maximum atomic E-state index is 12.1. The standard InChI is InChI=1S/C19H24N2O4S2/c22-16(21-19(24)20-15-4-1-2-5-15)12-25-17(23)13-6-8-14(9-7-13)18-26-10-3-11-27-18/h6-9,15,18H,1-5,10-12H2,(H2,20,21,22,24). The lowest BCUT2D eigenvalue weighted by atomic mass is 10.1. The SMILES string of the molecule is O=C(COC(=O)c1ccc(C2SCCCS2)cc1)NC(=O)NC1CCCC1. The van der Waals surface area contributed by atoms with Crippen LogP contribution in [0.25, 0.3) is 0 Å². The van der Waals surface area contributed by atoms with Gasteiger partial charge in [0.15, 0.2) is 6.61 Å². The molecule has 1 aromatic rings. The van der Waals surface area contributed by atoms with Gasteiger partial charge in [-0.15, -0.1) is 23.5 Å². The van der Waals surface area contributed by atoms with Crippen LogP contribution in [0.1, 0.15) is 52.6 Å². The molecule has 6 nitrogen and oxygen atoms in total. The molecule has 0 spiro atoms. The fraction of sp³-hybridized carbons (Fsp3) is 0.526. The molecular formula is C19H24N2O4S2. The molecule has 1 aromatic carbocycles. The molecular weight excluding hydrogens is 384 g/mol. The van der Waals surface area contributed by atoms with Crippen LogP contribution in [0.5, 0.6) is 0 Å². The highest BCUT2D eigenvalue weighted by Crippen LogP contribution is 2.43. The van der Waals surface area contributed by atoms with Gasteiger partial charge in [0, 0.05) is 6.04 Å². The number of thioether (sulfide) groups is 2. The Morgan fingerprint density at radius 1 is 1.00 bits per heavy atom. The number of amides is 3. The molecule has 3 rings (SSSR count). The van der Waals surface area contributed by atoms with Gasteiger partial charge in [0.25, 0.3) is 5.91 Å². The van der Waals surface area contributed by atoms with E-state index >= 15 is 0 Å². The molecule has 1 heterocycles. The summed E-state index contributed by atoms with van der Waals surface area (Å²) >= 11 is 3.83. The van der Waals surface area contributed by atoms with Crippen LogP contribution in [0.4, 0.5) is 4.79 Å². The highest BCUT2D eigenvalue weighted by atomic mass is 32.2. The first-order valence-electron chi connectivity index (χ1n) is 9.22. The number of nitrogens with one attached hydrogen (secondary N) is 2. The van der Waals surface area contributed by atoms with E-state index in [4.69, 9.17) is 4.74 Å². The molecule has 1 aliphatic heterocycles. The van der Waals surface area contributed by atoms with Gasteiger partial charge in [0.05, 0.1) is 10.1 Å². The van der Waals surface area contributed by atoms with Crippen molar-refractivity contribution in [2.24, 2.45) is 0 Å². The number of carbonyl (C=O) groups is 3. The summed E-state index contributed by atoms with van der Waals surface area (Å²) in [6.45, 7) is -0.479. The highest BCUT2D eigenvalue weighted by Gasteiger charge is 2.20. The van der Waals surface area contributed by atoms with Crippen molar-refractivity contribution in [3.05, 3.63) is 35.4 Å². The number of benzene rings is 1. The third kappa shape index (κ3) is 6.17. The number of urea groups is 1. The minimum atomic E-state index is -0.634. The minimum absolute atomic E-state index is 0.124. The van der Waals surface area contributed by atoms with Gasteiger partial charge < -0.3 is 10.1 Å². The molecule has 146 valence electrons. The van der Waals surface area contributed by atoms with E-state index in [1.807, 2.05) is 35.7 Å². The lowest BCUT2D eigenvalue weighted by Gasteiger charge is -2.21. The van der Waals surface area contributed by atoms with Crippen molar-refractivity contribution in [1.29, 1.82) is 0 Å². The summed E-state index contributed by atoms with van der Waals surface area (Å²) in [5.74, 6) is 1.11. The van der Waals surface area contributed by atoms with Crippen LogP contribution in [-0.2, 0) is 9.53 Å². The van der Waals surface area contributed by atoms with Gasteiger partial charge in [-0.2, -0.15) is 0 Å². The lowest BCUT2D eigenvalue weighted by Crippen LogP contribution is -2.44. The summed E-state index contributed by atoms with van der Waals surface area (Å²) in [6.07, 6.45) is 5.28. The molecule has 3 amide bonds. The molecule has 0 bridgehead atoms. The first-order chi connectivity index (χ1) is 13.1. The molecule has 1 aliphatic carbocycles. The maximum absolute atomic E-state index is 12.1. The van der Waals surface area contributed by atoms with E-state index in [0.717, 1.165) is 37.2 Å². The number of esters is 1. The van der Waals surface area contributed by atoms with Crippen LogP contribution in [0.15, 0.2) is 24.3 Å². The van der Waals surface area contributed by atoms with Crippen LogP contribution in [0.3, 0.4) is 0 Å². The van der Waals surface area contributed by atoms with E-state index < -0.39 is 24.5 Å². The Bertz CT molecular complexity index is 669. The number of hydrogen-bond donors (Lipinski definition) is 2. The highest BCUT2D eigenvalue weighted by molar-refractivity contribution is 8.16. The van der Waals surface area contributed by atoms with E-state index in [-0.39, 0.29) is 6.04 Å². The Morgan fingerprint density at radius 3 is 2.33 bits per heavy atom. The van der Waals surface area contributed by atoms with Crippen molar-refractivity contribution < 1.29 is 19.1 Å². The molecule has 2 aliphatic rings. The van der Waals surface area contributed by atoms with Gasteiger partial charge in [-0.1, -0.05) is 25.0 Å². The number of imide groups is 1. The van der Waals surface area contributed by atoms with E-state index in [2.05, 4.69) is 10.6 Å². The van der Waals surface area contributed by atoms with Crippen LogP contribution in [0.2, 0.25) is 0 Å². The molecule has 0 unspecified atom stereocenters. The summed E-state index contributed by atoms with van der Waals surface area (Å²) in [4.78, 5) is 35.6. The minimum Gasteiger partial charge on any atom is -0.452 e. The predicted molar refractivity (Wildman–Crippen MR) is 108 cm³/mol.